The number of esters is 1. The number of carbonyl (C=O) groups excluding carboxylic acids is 1. The number of hydrogen-bond donors (Lipinski definition) is 1. The average molecular weight is 391 g/mol. The van der Waals surface area contributed by atoms with Crippen LogP contribution in [0.2, 0.25) is 0 Å². The Kier molecular flexibility index (Phi) is 6.89. The Hall–Kier alpha value is -2.94. The molecule has 2 rings (SSSR count). The van der Waals surface area contributed by atoms with Gasteiger partial charge in [0.1, 0.15) is 19.5 Å². The Labute approximate surface area is 158 Å². The molecule has 0 bridgehead atoms. The molecule has 0 saturated carbocycles. The largest absolute Gasteiger partial charge is 0.473 e. The van der Waals surface area contributed by atoms with Crippen LogP contribution < -0.4 is 9.46 Å². The number of nitrogens with one attached hydrogen (secondary N) is 1. The SMILES string of the molecule is CC=Cc1c(NS(=O)(=O)c2ccc(C)cc2)ncnc1OCCOC(C)=O. The first-order valence-electron chi connectivity index (χ1n) is 8.17. The molecule has 1 heterocycles. The van der Waals surface area contributed by atoms with Crippen LogP contribution in [0.1, 0.15) is 25.0 Å². The third-order valence-electron chi connectivity index (χ3n) is 3.37. The third-order valence-corrected chi connectivity index (χ3v) is 4.73. The average Bonchev–Trinajstić information content (AvgIpc) is 2.61. The van der Waals surface area contributed by atoms with Crippen molar-refractivity contribution in [3.05, 3.63) is 47.8 Å². The van der Waals surface area contributed by atoms with Gasteiger partial charge in [-0.2, -0.15) is 0 Å². The van der Waals surface area contributed by atoms with Crippen molar-refractivity contribution in [3.63, 3.8) is 0 Å². The summed E-state index contributed by atoms with van der Waals surface area (Å²) in [6, 6.07) is 6.46. The molecule has 0 aliphatic rings. The van der Waals surface area contributed by atoms with Crippen molar-refractivity contribution in [2.24, 2.45) is 0 Å². The van der Waals surface area contributed by atoms with E-state index in [2.05, 4.69) is 14.7 Å². The van der Waals surface area contributed by atoms with Gasteiger partial charge in [0.2, 0.25) is 5.88 Å². The molecular weight excluding hydrogens is 370 g/mol. The molecule has 1 aromatic heterocycles. The minimum Gasteiger partial charge on any atom is -0.473 e. The number of nitrogens with zero attached hydrogens (tertiary/aromatic N) is 2. The highest BCUT2D eigenvalue weighted by Gasteiger charge is 2.19. The molecule has 144 valence electrons. The Morgan fingerprint density at radius 1 is 1.19 bits per heavy atom. The molecule has 1 aromatic carbocycles. The van der Waals surface area contributed by atoms with Crippen LogP contribution in [0.4, 0.5) is 5.82 Å². The molecule has 0 radical (unpaired) electrons. The molecule has 2 aromatic rings. The number of aryl methyl sites for hydroxylation is 1. The van der Waals surface area contributed by atoms with E-state index in [-0.39, 0.29) is 29.8 Å². The maximum Gasteiger partial charge on any atom is 0.302 e. The van der Waals surface area contributed by atoms with Gasteiger partial charge < -0.3 is 9.47 Å². The number of carbonyl (C=O) groups is 1. The molecule has 0 unspecified atom stereocenters. The molecule has 0 spiro atoms. The Morgan fingerprint density at radius 2 is 1.89 bits per heavy atom. The number of allylic oxidation sites excluding steroid dienone is 1. The number of benzene rings is 1. The van der Waals surface area contributed by atoms with Crippen LogP contribution in [0.5, 0.6) is 5.88 Å². The van der Waals surface area contributed by atoms with Crippen molar-refractivity contribution in [1.82, 2.24) is 9.97 Å². The van der Waals surface area contributed by atoms with E-state index in [1.54, 1.807) is 31.2 Å². The van der Waals surface area contributed by atoms with E-state index < -0.39 is 16.0 Å². The number of rotatable bonds is 8. The molecule has 0 fully saturated rings. The first-order chi connectivity index (χ1) is 12.8. The summed E-state index contributed by atoms with van der Waals surface area (Å²) in [4.78, 5) is 19.0. The van der Waals surface area contributed by atoms with E-state index in [4.69, 9.17) is 9.47 Å². The first-order valence-corrected chi connectivity index (χ1v) is 9.65. The molecule has 0 aliphatic heterocycles. The summed E-state index contributed by atoms with van der Waals surface area (Å²) in [5.41, 5.74) is 1.33. The predicted octanol–water partition coefficient (Wildman–Crippen LogP) is 2.56. The van der Waals surface area contributed by atoms with Crippen molar-refractivity contribution in [2.45, 2.75) is 25.7 Å². The lowest BCUT2D eigenvalue weighted by Crippen LogP contribution is -2.16. The molecular formula is C18H21N3O5S. The summed E-state index contributed by atoms with van der Waals surface area (Å²) >= 11 is 0. The zero-order chi connectivity index (χ0) is 19.9. The van der Waals surface area contributed by atoms with Crippen LogP contribution in [-0.2, 0) is 19.6 Å². The summed E-state index contributed by atoms with van der Waals surface area (Å²) < 4.78 is 38.0. The number of aromatic nitrogens is 2. The van der Waals surface area contributed by atoms with E-state index in [9.17, 15) is 13.2 Å². The van der Waals surface area contributed by atoms with Gasteiger partial charge >= 0.3 is 5.97 Å². The van der Waals surface area contributed by atoms with Gasteiger partial charge in [-0.05, 0) is 26.0 Å². The van der Waals surface area contributed by atoms with Crippen molar-refractivity contribution in [2.75, 3.05) is 17.9 Å². The van der Waals surface area contributed by atoms with Gasteiger partial charge in [-0.15, -0.1) is 0 Å². The van der Waals surface area contributed by atoms with Crippen molar-refractivity contribution in [1.29, 1.82) is 0 Å². The van der Waals surface area contributed by atoms with Gasteiger partial charge in [-0.3, -0.25) is 9.52 Å². The van der Waals surface area contributed by atoms with Gasteiger partial charge in [0, 0.05) is 6.92 Å². The fourth-order valence-corrected chi connectivity index (χ4v) is 3.15. The summed E-state index contributed by atoms with van der Waals surface area (Å²) in [6.45, 7) is 5.07. The van der Waals surface area contributed by atoms with Gasteiger partial charge in [0.25, 0.3) is 10.0 Å². The zero-order valence-electron chi connectivity index (χ0n) is 15.3. The van der Waals surface area contributed by atoms with Crippen LogP contribution in [0.15, 0.2) is 41.6 Å². The zero-order valence-corrected chi connectivity index (χ0v) is 16.1. The highest BCUT2D eigenvalue weighted by molar-refractivity contribution is 7.92. The predicted molar refractivity (Wildman–Crippen MR) is 101 cm³/mol. The lowest BCUT2D eigenvalue weighted by atomic mass is 10.2. The monoisotopic (exact) mass is 391 g/mol. The van der Waals surface area contributed by atoms with Gasteiger partial charge in [-0.25, -0.2) is 18.4 Å². The highest BCUT2D eigenvalue weighted by Crippen LogP contribution is 2.26. The number of anilines is 1. The van der Waals surface area contributed by atoms with Crippen LogP contribution in [0.3, 0.4) is 0 Å². The first kappa shape index (κ1) is 20.4. The van der Waals surface area contributed by atoms with Crippen LogP contribution in [-0.4, -0.2) is 37.6 Å². The summed E-state index contributed by atoms with van der Waals surface area (Å²) in [7, 11) is -3.82. The van der Waals surface area contributed by atoms with Gasteiger partial charge in [0.15, 0.2) is 5.82 Å². The lowest BCUT2D eigenvalue weighted by Gasteiger charge is -2.13. The maximum absolute atomic E-state index is 12.6. The summed E-state index contributed by atoms with van der Waals surface area (Å²) in [6.07, 6.45) is 4.54. The van der Waals surface area contributed by atoms with E-state index in [0.29, 0.717) is 5.56 Å². The second kappa shape index (κ2) is 9.13. The van der Waals surface area contributed by atoms with Crippen molar-refractivity contribution in [3.8, 4) is 5.88 Å². The maximum atomic E-state index is 12.6. The molecule has 1 N–H and O–H groups in total. The van der Waals surface area contributed by atoms with E-state index in [0.717, 1.165) is 5.56 Å². The topological polar surface area (TPSA) is 107 Å². The number of ether oxygens (including phenoxy) is 2. The van der Waals surface area contributed by atoms with Crippen molar-refractivity contribution >= 4 is 27.9 Å². The molecule has 27 heavy (non-hydrogen) atoms. The Morgan fingerprint density at radius 3 is 2.52 bits per heavy atom. The Bertz CT molecular complexity index is 925. The minimum absolute atomic E-state index is 0.0546. The van der Waals surface area contributed by atoms with Crippen LogP contribution >= 0.6 is 0 Å². The second-order valence-corrected chi connectivity index (χ2v) is 7.23. The smallest absolute Gasteiger partial charge is 0.302 e. The molecule has 8 nitrogen and oxygen atoms in total. The standard InChI is InChI=1S/C18H21N3O5S/c1-4-5-16-17(19-12-20-18(16)26-11-10-25-14(3)22)21-27(23,24)15-8-6-13(2)7-9-15/h4-9,12H,10-11H2,1-3H3,(H,19,20,21). The van der Waals surface area contributed by atoms with Crippen LogP contribution in [0, 0.1) is 6.92 Å². The minimum atomic E-state index is -3.82. The van der Waals surface area contributed by atoms with E-state index in [1.165, 1.54) is 25.4 Å². The Balaban J connectivity index is 2.26. The van der Waals surface area contributed by atoms with Gasteiger partial charge in [0.05, 0.1) is 10.5 Å². The molecule has 9 heteroatoms. The summed E-state index contributed by atoms with van der Waals surface area (Å²) in [5.74, 6) is -0.149. The number of sulfonamides is 1. The van der Waals surface area contributed by atoms with Crippen molar-refractivity contribution < 1.29 is 22.7 Å². The lowest BCUT2D eigenvalue weighted by molar-refractivity contribution is -0.141. The fraction of sp³-hybridized carbons (Fsp3) is 0.278. The third kappa shape index (κ3) is 5.78. The second-order valence-electron chi connectivity index (χ2n) is 5.55. The quantitative estimate of drug-likeness (QED) is 0.544. The van der Waals surface area contributed by atoms with E-state index in [1.807, 2.05) is 6.92 Å². The molecule has 0 aliphatic carbocycles. The molecule has 0 saturated heterocycles. The van der Waals surface area contributed by atoms with Crippen LogP contribution in [0.25, 0.3) is 6.08 Å². The molecule has 0 atom stereocenters. The number of hydrogen-bond acceptors (Lipinski definition) is 7. The fourth-order valence-electron chi connectivity index (χ4n) is 2.12. The van der Waals surface area contributed by atoms with E-state index >= 15 is 0 Å². The highest BCUT2D eigenvalue weighted by atomic mass is 32.2. The van der Waals surface area contributed by atoms with Gasteiger partial charge in [-0.1, -0.05) is 29.8 Å². The molecule has 0 amide bonds. The normalized spacial score (nSPS) is 11.4. The summed E-state index contributed by atoms with van der Waals surface area (Å²) in [5, 5.41) is 0.